The Bertz CT molecular complexity index is 592. The summed E-state index contributed by atoms with van der Waals surface area (Å²) in [6.07, 6.45) is 0. The number of aliphatic hydroxyl groups is 1. The van der Waals surface area contributed by atoms with Crippen molar-refractivity contribution in [1.29, 1.82) is 0 Å². The largest absolute Gasteiger partial charge is 0.478 e. The lowest BCUT2D eigenvalue weighted by Gasteiger charge is -2.18. The third kappa shape index (κ3) is 4.27. The first-order valence-electron chi connectivity index (χ1n) is 5.28. The van der Waals surface area contributed by atoms with E-state index in [1.165, 1.54) is 13.8 Å². The first-order chi connectivity index (χ1) is 8.53. The molecule has 1 aromatic rings. The molecule has 19 heavy (non-hydrogen) atoms. The van der Waals surface area contributed by atoms with E-state index in [0.717, 1.165) is 18.2 Å². The van der Waals surface area contributed by atoms with Crippen molar-refractivity contribution in [3.63, 3.8) is 0 Å². The smallest absolute Gasteiger partial charge is 0.335 e. The van der Waals surface area contributed by atoms with Gasteiger partial charge < -0.3 is 10.2 Å². The first kappa shape index (κ1) is 15.5. The van der Waals surface area contributed by atoms with Crippen LogP contribution in [0.5, 0.6) is 0 Å². The van der Waals surface area contributed by atoms with Gasteiger partial charge in [-0.25, -0.2) is 22.3 Å². The predicted octanol–water partition coefficient (Wildman–Crippen LogP) is 0.573. The van der Waals surface area contributed by atoms with E-state index >= 15 is 0 Å². The average Bonchev–Trinajstić information content (AvgIpc) is 2.25. The Morgan fingerprint density at radius 1 is 1.42 bits per heavy atom. The normalized spacial score (nSPS) is 12.4. The summed E-state index contributed by atoms with van der Waals surface area (Å²) in [5, 5.41) is 18.2. The van der Waals surface area contributed by atoms with E-state index in [0.29, 0.717) is 0 Å². The molecule has 0 spiro atoms. The van der Waals surface area contributed by atoms with Crippen LogP contribution in [0.4, 0.5) is 4.39 Å². The Kier molecular flexibility index (Phi) is 4.28. The van der Waals surface area contributed by atoms with Crippen molar-refractivity contribution in [3.8, 4) is 0 Å². The molecule has 0 aliphatic rings. The number of halogens is 1. The number of nitrogens with one attached hydrogen (secondary N) is 1. The molecular weight excluding hydrogens is 277 g/mol. The third-order valence-corrected chi connectivity index (χ3v) is 3.58. The van der Waals surface area contributed by atoms with Gasteiger partial charge in [0.25, 0.3) is 0 Å². The molecule has 0 fully saturated rings. The zero-order valence-electron chi connectivity index (χ0n) is 10.3. The average molecular weight is 291 g/mol. The summed E-state index contributed by atoms with van der Waals surface area (Å²) in [4.78, 5) is 9.96. The van der Waals surface area contributed by atoms with Gasteiger partial charge in [0.15, 0.2) is 0 Å². The SMILES string of the molecule is CC(C)(O)CNS(=O)(=O)c1cc(C(=O)O)ccc1F. The fourth-order valence-corrected chi connectivity index (χ4v) is 2.50. The van der Waals surface area contributed by atoms with Crippen molar-refractivity contribution in [3.05, 3.63) is 29.6 Å². The fraction of sp³-hybridized carbons (Fsp3) is 0.364. The van der Waals surface area contributed by atoms with E-state index in [4.69, 9.17) is 5.11 Å². The van der Waals surface area contributed by atoms with Crippen molar-refractivity contribution in [1.82, 2.24) is 4.72 Å². The minimum absolute atomic E-state index is 0.327. The van der Waals surface area contributed by atoms with Crippen LogP contribution in [0.15, 0.2) is 23.1 Å². The molecule has 0 unspecified atom stereocenters. The molecule has 106 valence electrons. The number of hydrogen-bond donors (Lipinski definition) is 3. The first-order valence-corrected chi connectivity index (χ1v) is 6.76. The Morgan fingerprint density at radius 3 is 2.47 bits per heavy atom. The molecule has 1 rings (SSSR count). The maximum atomic E-state index is 13.5. The van der Waals surface area contributed by atoms with Crippen molar-refractivity contribution in [2.24, 2.45) is 0 Å². The summed E-state index contributed by atoms with van der Waals surface area (Å²) >= 11 is 0. The van der Waals surface area contributed by atoms with Gasteiger partial charge in [-0.2, -0.15) is 0 Å². The highest BCUT2D eigenvalue weighted by Crippen LogP contribution is 2.17. The number of benzene rings is 1. The lowest BCUT2D eigenvalue weighted by Crippen LogP contribution is -2.38. The van der Waals surface area contributed by atoms with Gasteiger partial charge in [0.1, 0.15) is 10.7 Å². The molecule has 6 nitrogen and oxygen atoms in total. The monoisotopic (exact) mass is 291 g/mol. The number of carboxylic acids is 1. The highest BCUT2D eigenvalue weighted by Gasteiger charge is 2.23. The van der Waals surface area contributed by atoms with Gasteiger partial charge in [0.05, 0.1) is 11.2 Å². The number of aromatic carboxylic acids is 1. The molecule has 0 saturated heterocycles. The molecular formula is C11H14FNO5S. The number of rotatable bonds is 5. The Morgan fingerprint density at radius 2 is 2.00 bits per heavy atom. The summed E-state index contributed by atoms with van der Waals surface area (Å²) in [5.74, 6) is -2.42. The maximum Gasteiger partial charge on any atom is 0.335 e. The van der Waals surface area contributed by atoms with E-state index < -0.39 is 32.3 Å². The summed E-state index contributed by atoms with van der Waals surface area (Å²) in [7, 11) is -4.23. The molecule has 0 aliphatic carbocycles. The number of carboxylic acid groups (broad SMARTS) is 1. The van der Waals surface area contributed by atoms with Crippen molar-refractivity contribution in [2.45, 2.75) is 24.3 Å². The predicted molar refractivity (Wildman–Crippen MR) is 64.8 cm³/mol. The molecule has 1 aromatic carbocycles. The van der Waals surface area contributed by atoms with Crippen LogP contribution in [-0.4, -0.2) is 36.7 Å². The van der Waals surface area contributed by atoms with Crippen molar-refractivity contribution >= 4 is 16.0 Å². The number of carbonyl (C=O) groups is 1. The van der Waals surface area contributed by atoms with Gasteiger partial charge in [-0.1, -0.05) is 0 Å². The Labute approximate surface area is 109 Å². The molecule has 0 radical (unpaired) electrons. The quantitative estimate of drug-likeness (QED) is 0.736. The van der Waals surface area contributed by atoms with E-state index in [9.17, 15) is 22.7 Å². The fourth-order valence-electron chi connectivity index (χ4n) is 1.19. The topological polar surface area (TPSA) is 104 Å². The molecule has 0 aliphatic heterocycles. The van der Waals surface area contributed by atoms with Gasteiger partial charge in [-0.05, 0) is 32.0 Å². The minimum atomic E-state index is -4.23. The van der Waals surface area contributed by atoms with Crippen molar-refractivity contribution in [2.75, 3.05) is 6.54 Å². The van der Waals surface area contributed by atoms with Crippen LogP contribution in [-0.2, 0) is 10.0 Å². The van der Waals surface area contributed by atoms with Crippen LogP contribution in [0.25, 0.3) is 0 Å². The van der Waals surface area contributed by atoms with E-state index in [1.54, 1.807) is 0 Å². The van der Waals surface area contributed by atoms with Gasteiger partial charge in [0, 0.05) is 6.54 Å². The van der Waals surface area contributed by atoms with Crippen molar-refractivity contribution < 1.29 is 27.8 Å². The Balaban J connectivity index is 3.14. The maximum absolute atomic E-state index is 13.5. The van der Waals surface area contributed by atoms with Gasteiger partial charge in [-0.3, -0.25) is 0 Å². The van der Waals surface area contributed by atoms with E-state index in [2.05, 4.69) is 0 Å². The zero-order valence-corrected chi connectivity index (χ0v) is 11.2. The van der Waals surface area contributed by atoms with E-state index in [1.807, 2.05) is 4.72 Å². The minimum Gasteiger partial charge on any atom is -0.478 e. The second-order valence-corrected chi connectivity index (χ2v) is 6.32. The highest BCUT2D eigenvalue weighted by molar-refractivity contribution is 7.89. The third-order valence-electron chi connectivity index (χ3n) is 2.16. The molecule has 0 saturated carbocycles. The van der Waals surface area contributed by atoms with E-state index in [-0.39, 0.29) is 12.1 Å². The van der Waals surface area contributed by atoms with Crippen LogP contribution in [0.2, 0.25) is 0 Å². The molecule has 3 N–H and O–H groups in total. The molecule has 8 heteroatoms. The highest BCUT2D eigenvalue weighted by atomic mass is 32.2. The van der Waals surface area contributed by atoms with Crippen LogP contribution < -0.4 is 4.72 Å². The number of sulfonamides is 1. The second-order valence-electron chi connectivity index (χ2n) is 4.59. The second kappa shape index (κ2) is 5.24. The van der Waals surface area contributed by atoms with Crippen LogP contribution >= 0.6 is 0 Å². The lowest BCUT2D eigenvalue weighted by molar-refractivity contribution is 0.0696. The van der Waals surface area contributed by atoms with Crippen LogP contribution in [0, 0.1) is 5.82 Å². The molecule has 0 amide bonds. The molecule has 0 aromatic heterocycles. The standard InChI is InChI=1S/C11H14FNO5S/c1-11(2,16)6-13-19(17,18)9-5-7(10(14)15)3-4-8(9)12/h3-5,13,16H,6H2,1-2H3,(H,14,15). The summed E-state index contributed by atoms with van der Waals surface area (Å²) in [6.45, 7) is 2.42. The van der Waals surface area contributed by atoms with Crippen LogP contribution in [0.1, 0.15) is 24.2 Å². The van der Waals surface area contributed by atoms with Gasteiger partial charge >= 0.3 is 5.97 Å². The molecule has 0 bridgehead atoms. The lowest BCUT2D eigenvalue weighted by atomic mass is 10.1. The van der Waals surface area contributed by atoms with Gasteiger partial charge in [-0.15, -0.1) is 0 Å². The summed E-state index contributed by atoms with van der Waals surface area (Å²) in [5.41, 5.74) is -1.65. The zero-order chi connectivity index (χ0) is 14.8. The molecule has 0 heterocycles. The summed E-state index contributed by atoms with van der Waals surface area (Å²) < 4.78 is 39.1. The van der Waals surface area contributed by atoms with Crippen LogP contribution in [0.3, 0.4) is 0 Å². The Hall–Kier alpha value is -1.51. The molecule has 0 atom stereocenters. The summed E-state index contributed by atoms with van der Waals surface area (Å²) in [6, 6.07) is 2.46. The number of hydrogen-bond acceptors (Lipinski definition) is 4. The van der Waals surface area contributed by atoms with Gasteiger partial charge in [0.2, 0.25) is 10.0 Å².